The zero-order valence-corrected chi connectivity index (χ0v) is 15.7. The van der Waals surface area contributed by atoms with Crippen molar-refractivity contribution in [3.63, 3.8) is 0 Å². The SMILES string of the molecule is COCCOc1ccc(NC(=O)C2(C)COC(C)(C)OC2)cc1C(F)(F)F. The molecule has 1 aromatic rings. The normalized spacial score (nSPS) is 18.8. The van der Waals surface area contributed by atoms with Crippen LogP contribution in [-0.4, -0.2) is 45.2 Å². The number of methoxy groups -OCH3 is 1. The zero-order chi connectivity index (χ0) is 20.3. The van der Waals surface area contributed by atoms with E-state index in [2.05, 4.69) is 5.32 Å². The molecule has 0 unspecified atom stereocenters. The third-order valence-corrected chi connectivity index (χ3v) is 4.11. The first-order valence-corrected chi connectivity index (χ1v) is 8.39. The Morgan fingerprint density at radius 1 is 1.19 bits per heavy atom. The van der Waals surface area contributed by atoms with Gasteiger partial charge in [-0.1, -0.05) is 0 Å². The summed E-state index contributed by atoms with van der Waals surface area (Å²) in [4.78, 5) is 12.6. The van der Waals surface area contributed by atoms with Crippen molar-refractivity contribution in [1.82, 2.24) is 0 Å². The van der Waals surface area contributed by atoms with Gasteiger partial charge in [0.25, 0.3) is 0 Å². The maximum atomic E-state index is 13.3. The van der Waals surface area contributed by atoms with Crippen LogP contribution in [0.5, 0.6) is 5.75 Å². The van der Waals surface area contributed by atoms with Crippen molar-refractivity contribution < 1.29 is 36.9 Å². The quantitative estimate of drug-likeness (QED) is 0.753. The number of anilines is 1. The van der Waals surface area contributed by atoms with Crippen LogP contribution in [0.25, 0.3) is 0 Å². The van der Waals surface area contributed by atoms with Crippen LogP contribution in [0.3, 0.4) is 0 Å². The van der Waals surface area contributed by atoms with Crippen LogP contribution < -0.4 is 10.1 Å². The number of carbonyl (C=O) groups excluding carboxylic acids is 1. The van der Waals surface area contributed by atoms with Crippen LogP contribution in [0.2, 0.25) is 0 Å². The zero-order valence-electron chi connectivity index (χ0n) is 15.7. The summed E-state index contributed by atoms with van der Waals surface area (Å²) in [7, 11) is 1.42. The number of rotatable bonds is 6. The summed E-state index contributed by atoms with van der Waals surface area (Å²) in [6.45, 7) is 5.40. The molecule has 2 rings (SSSR count). The van der Waals surface area contributed by atoms with E-state index in [0.717, 1.165) is 6.07 Å². The molecule has 27 heavy (non-hydrogen) atoms. The monoisotopic (exact) mass is 391 g/mol. The molecule has 0 saturated carbocycles. The summed E-state index contributed by atoms with van der Waals surface area (Å²) < 4.78 is 60.9. The topological polar surface area (TPSA) is 66.0 Å². The van der Waals surface area contributed by atoms with Gasteiger partial charge in [-0.2, -0.15) is 13.2 Å². The molecule has 0 bridgehead atoms. The van der Waals surface area contributed by atoms with E-state index in [9.17, 15) is 18.0 Å². The molecule has 1 N–H and O–H groups in total. The third-order valence-electron chi connectivity index (χ3n) is 4.11. The van der Waals surface area contributed by atoms with E-state index in [1.807, 2.05) is 0 Å². The summed E-state index contributed by atoms with van der Waals surface area (Å²) in [6, 6.07) is 3.37. The highest BCUT2D eigenvalue weighted by molar-refractivity contribution is 5.95. The van der Waals surface area contributed by atoms with Gasteiger partial charge in [-0.05, 0) is 39.0 Å². The second-order valence-corrected chi connectivity index (χ2v) is 7.04. The van der Waals surface area contributed by atoms with Crippen molar-refractivity contribution in [2.45, 2.75) is 32.7 Å². The maximum Gasteiger partial charge on any atom is 0.420 e. The number of hydrogen-bond donors (Lipinski definition) is 1. The van der Waals surface area contributed by atoms with E-state index in [1.54, 1.807) is 20.8 Å². The number of amides is 1. The van der Waals surface area contributed by atoms with Crippen LogP contribution in [0.15, 0.2) is 18.2 Å². The predicted octanol–water partition coefficient (Wildman–Crippen LogP) is 3.46. The molecule has 1 aromatic carbocycles. The van der Waals surface area contributed by atoms with Crippen LogP contribution in [-0.2, 0) is 25.2 Å². The average molecular weight is 391 g/mol. The lowest BCUT2D eigenvalue weighted by atomic mass is 9.90. The molecule has 0 radical (unpaired) electrons. The van der Waals surface area contributed by atoms with E-state index in [-0.39, 0.29) is 37.9 Å². The third kappa shape index (κ3) is 5.57. The molecule has 1 saturated heterocycles. The summed E-state index contributed by atoms with van der Waals surface area (Å²) in [5.41, 5.74) is -1.97. The number of nitrogens with one attached hydrogen (secondary N) is 1. The highest BCUT2D eigenvalue weighted by Crippen LogP contribution is 2.38. The van der Waals surface area contributed by atoms with Gasteiger partial charge in [-0.15, -0.1) is 0 Å². The maximum absolute atomic E-state index is 13.3. The molecular formula is C18H24F3NO5. The van der Waals surface area contributed by atoms with Gasteiger partial charge in [-0.3, -0.25) is 4.79 Å². The van der Waals surface area contributed by atoms with Gasteiger partial charge >= 0.3 is 6.18 Å². The number of benzene rings is 1. The Bertz CT molecular complexity index is 665. The molecule has 6 nitrogen and oxygen atoms in total. The molecule has 1 fully saturated rings. The Morgan fingerprint density at radius 2 is 1.81 bits per heavy atom. The van der Waals surface area contributed by atoms with Crippen molar-refractivity contribution in [2.24, 2.45) is 5.41 Å². The minimum atomic E-state index is -4.63. The molecule has 1 heterocycles. The fourth-order valence-electron chi connectivity index (χ4n) is 2.35. The largest absolute Gasteiger partial charge is 0.491 e. The number of hydrogen-bond acceptors (Lipinski definition) is 5. The van der Waals surface area contributed by atoms with Gasteiger partial charge in [0.1, 0.15) is 12.4 Å². The van der Waals surface area contributed by atoms with Crippen molar-refractivity contribution in [2.75, 3.05) is 38.9 Å². The Labute approximate surface area is 155 Å². The fraction of sp³-hybridized carbons (Fsp3) is 0.611. The van der Waals surface area contributed by atoms with E-state index in [0.29, 0.717) is 0 Å². The van der Waals surface area contributed by atoms with Gasteiger partial charge in [0.2, 0.25) is 5.91 Å². The van der Waals surface area contributed by atoms with E-state index in [1.165, 1.54) is 19.2 Å². The molecule has 0 spiro atoms. The molecule has 1 aliphatic heterocycles. The van der Waals surface area contributed by atoms with Gasteiger partial charge in [0.05, 0.1) is 30.8 Å². The van der Waals surface area contributed by atoms with Crippen LogP contribution >= 0.6 is 0 Å². The van der Waals surface area contributed by atoms with Gasteiger partial charge < -0.3 is 24.3 Å². The van der Waals surface area contributed by atoms with Crippen molar-refractivity contribution in [1.29, 1.82) is 0 Å². The molecular weight excluding hydrogens is 367 g/mol. The summed E-state index contributed by atoms with van der Waals surface area (Å²) >= 11 is 0. The van der Waals surface area contributed by atoms with Crippen molar-refractivity contribution in [3.05, 3.63) is 23.8 Å². The number of alkyl halides is 3. The average Bonchev–Trinajstić information content (AvgIpc) is 2.58. The number of carbonyl (C=O) groups is 1. The lowest BCUT2D eigenvalue weighted by molar-refractivity contribution is -0.276. The molecule has 0 atom stereocenters. The molecule has 1 aliphatic rings. The van der Waals surface area contributed by atoms with Gasteiger partial charge in [0.15, 0.2) is 5.79 Å². The Hall–Kier alpha value is -1.84. The fourth-order valence-corrected chi connectivity index (χ4v) is 2.35. The summed E-state index contributed by atoms with van der Waals surface area (Å²) in [5.74, 6) is -1.61. The van der Waals surface area contributed by atoms with Crippen molar-refractivity contribution in [3.8, 4) is 5.75 Å². The molecule has 1 amide bonds. The minimum absolute atomic E-state index is 0.0116. The number of ether oxygens (including phenoxy) is 4. The first-order chi connectivity index (χ1) is 12.5. The molecule has 0 aliphatic carbocycles. The minimum Gasteiger partial charge on any atom is -0.491 e. The summed E-state index contributed by atoms with van der Waals surface area (Å²) in [5, 5.41) is 2.51. The van der Waals surface area contributed by atoms with E-state index in [4.69, 9.17) is 18.9 Å². The predicted molar refractivity (Wildman–Crippen MR) is 91.5 cm³/mol. The standard InChI is InChI=1S/C18H24F3NO5/c1-16(2)26-10-17(3,11-27-16)15(23)22-12-5-6-14(25-8-7-24-4)13(9-12)18(19,20)21/h5-6,9H,7-8,10-11H2,1-4H3,(H,22,23). The smallest absolute Gasteiger partial charge is 0.420 e. The second-order valence-electron chi connectivity index (χ2n) is 7.04. The van der Waals surface area contributed by atoms with Gasteiger partial charge in [-0.25, -0.2) is 0 Å². The second kappa shape index (κ2) is 8.04. The van der Waals surface area contributed by atoms with Crippen LogP contribution in [0, 0.1) is 5.41 Å². The summed E-state index contributed by atoms with van der Waals surface area (Å²) in [6.07, 6.45) is -4.63. The van der Waals surface area contributed by atoms with E-state index < -0.39 is 28.8 Å². The Kier molecular flexibility index (Phi) is 6.39. The van der Waals surface area contributed by atoms with Crippen molar-refractivity contribution >= 4 is 11.6 Å². The first-order valence-electron chi connectivity index (χ1n) is 8.39. The van der Waals surface area contributed by atoms with E-state index >= 15 is 0 Å². The molecule has 0 aromatic heterocycles. The molecule has 152 valence electrons. The van der Waals surface area contributed by atoms with Crippen LogP contribution in [0.4, 0.5) is 18.9 Å². The van der Waals surface area contributed by atoms with Crippen LogP contribution in [0.1, 0.15) is 26.3 Å². The van der Waals surface area contributed by atoms with Gasteiger partial charge in [0, 0.05) is 12.8 Å². The number of halogens is 3. The highest BCUT2D eigenvalue weighted by atomic mass is 19.4. The first kappa shape index (κ1) is 21.5. The lowest BCUT2D eigenvalue weighted by Crippen LogP contribution is -2.50. The Morgan fingerprint density at radius 3 is 2.37 bits per heavy atom. The lowest BCUT2D eigenvalue weighted by Gasteiger charge is -2.40. The Balaban J connectivity index is 2.15. The highest BCUT2D eigenvalue weighted by Gasteiger charge is 2.42. The molecule has 9 heteroatoms.